The minimum absolute atomic E-state index is 0.0294. The summed E-state index contributed by atoms with van der Waals surface area (Å²) in [6.07, 6.45) is 5.85. The van der Waals surface area contributed by atoms with Crippen LogP contribution in [0.4, 0.5) is 0 Å². The van der Waals surface area contributed by atoms with Crippen LogP contribution >= 0.6 is 0 Å². The fourth-order valence-corrected chi connectivity index (χ4v) is 4.30. The highest BCUT2D eigenvalue weighted by atomic mass is 15.3. The second kappa shape index (κ2) is 6.94. The Balaban J connectivity index is 1.68. The molecule has 4 heteroatoms. The van der Waals surface area contributed by atoms with E-state index in [9.17, 15) is 0 Å². The normalized spacial score (nSPS) is 24.8. The number of nitrogens with one attached hydrogen (secondary N) is 2. The van der Waals surface area contributed by atoms with E-state index in [0.29, 0.717) is 5.92 Å². The van der Waals surface area contributed by atoms with E-state index in [2.05, 4.69) is 83.2 Å². The van der Waals surface area contributed by atoms with Gasteiger partial charge in [0.05, 0.1) is 0 Å². The fourth-order valence-electron chi connectivity index (χ4n) is 4.30. The van der Waals surface area contributed by atoms with Crippen molar-refractivity contribution in [1.82, 2.24) is 20.7 Å². The first kappa shape index (κ1) is 16.8. The smallest absolute Gasteiger partial charge is 0.117 e. The van der Waals surface area contributed by atoms with Gasteiger partial charge in [-0.25, -0.2) is 0 Å². The summed E-state index contributed by atoms with van der Waals surface area (Å²) in [5.41, 5.74) is 5.95. The first-order valence-electron chi connectivity index (χ1n) is 9.46. The molecule has 1 aromatic heterocycles. The number of nitrogens with zero attached hydrogens (tertiary/aromatic N) is 2. The molecular weight excluding hydrogens is 320 g/mol. The van der Waals surface area contributed by atoms with Crippen LogP contribution in [0.2, 0.25) is 0 Å². The van der Waals surface area contributed by atoms with Crippen molar-refractivity contribution in [1.29, 1.82) is 0 Å². The number of benzene rings is 2. The lowest BCUT2D eigenvalue weighted by atomic mass is 9.61. The van der Waals surface area contributed by atoms with Crippen LogP contribution < -0.4 is 5.32 Å². The predicted molar refractivity (Wildman–Crippen MR) is 106 cm³/mol. The molecule has 1 fully saturated rings. The maximum absolute atomic E-state index is 4.45. The predicted octanol–water partition coefficient (Wildman–Crippen LogP) is 4.71. The Morgan fingerprint density at radius 3 is 2.85 bits per heavy atom. The molecule has 1 heterocycles. The van der Waals surface area contributed by atoms with E-state index >= 15 is 0 Å². The van der Waals surface area contributed by atoms with E-state index in [1.165, 1.54) is 29.5 Å². The second-order valence-corrected chi connectivity index (χ2v) is 7.53. The first-order chi connectivity index (χ1) is 12.7. The molecule has 134 valence electrons. The third kappa shape index (κ3) is 2.90. The molecular formula is C22H26N4. The van der Waals surface area contributed by atoms with E-state index < -0.39 is 0 Å². The van der Waals surface area contributed by atoms with Gasteiger partial charge in [0.15, 0.2) is 0 Å². The summed E-state index contributed by atoms with van der Waals surface area (Å²) in [5, 5.41) is 15.1. The van der Waals surface area contributed by atoms with Gasteiger partial charge in [-0.2, -0.15) is 15.4 Å². The quantitative estimate of drug-likeness (QED) is 0.719. The van der Waals surface area contributed by atoms with Crippen molar-refractivity contribution in [3.63, 3.8) is 0 Å². The summed E-state index contributed by atoms with van der Waals surface area (Å²) in [7, 11) is 0. The Labute approximate surface area is 154 Å². The van der Waals surface area contributed by atoms with Crippen LogP contribution in [0.15, 0.2) is 60.3 Å². The fraction of sp³-hybridized carbons (Fsp3) is 0.364. The SMILES string of the molecule is CC1CCC/C(=C\NCc2ccccc2)C1(C)c1cccc2n[nH]nc12. The summed E-state index contributed by atoms with van der Waals surface area (Å²) < 4.78 is 0. The summed E-state index contributed by atoms with van der Waals surface area (Å²) >= 11 is 0. The summed E-state index contributed by atoms with van der Waals surface area (Å²) in [6, 6.07) is 16.9. The van der Waals surface area contributed by atoms with Crippen LogP contribution in [0.5, 0.6) is 0 Å². The maximum Gasteiger partial charge on any atom is 0.117 e. The minimum Gasteiger partial charge on any atom is -0.387 e. The zero-order valence-electron chi connectivity index (χ0n) is 15.5. The number of rotatable bonds is 4. The van der Waals surface area contributed by atoms with Crippen LogP contribution in [0.3, 0.4) is 0 Å². The first-order valence-corrected chi connectivity index (χ1v) is 9.46. The topological polar surface area (TPSA) is 53.6 Å². The van der Waals surface area contributed by atoms with E-state index in [0.717, 1.165) is 24.0 Å². The van der Waals surface area contributed by atoms with Crippen molar-refractivity contribution >= 4 is 11.0 Å². The van der Waals surface area contributed by atoms with Crippen molar-refractivity contribution < 1.29 is 0 Å². The van der Waals surface area contributed by atoms with Crippen molar-refractivity contribution in [2.45, 2.75) is 45.1 Å². The molecule has 0 saturated heterocycles. The van der Waals surface area contributed by atoms with E-state index in [4.69, 9.17) is 0 Å². The Morgan fingerprint density at radius 2 is 2.00 bits per heavy atom. The van der Waals surface area contributed by atoms with Gasteiger partial charge in [0.2, 0.25) is 0 Å². The second-order valence-electron chi connectivity index (χ2n) is 7.53. The molecule has 1 aliphatic carbocycles. The van der Waals surface area contributed by atoms with Crippen molar-refractivity contribution in [3.8, 4) is 0 Å². The molecule has 26 heavy (non-hydrogen) atoms. The molecule has 0 radical (unpaired) electrons. The van der Waals surface area contributed by atoms with Crippen molar-refractivity contribution in [2.75, 3.05) is 0 Å². The zero-order valence-corrected chi connectivity index (χ0v) is 15.5. The van der Waals surface area contributed by atoms with Crippen LogP contribution in [0.1, 0.15) is 44.2 Å². The van der Waals surface area contributed by atoms with E-state index in [-0.39, 0.29) is 5.41 Å². The van der Waals surface area contributed by atoms with Gasteiger partial charge in [0.25, 0.3) is 0 Å². The Morgan fingerprint density at radius 1 is 1.15 bits per heavy atom. The monoisotopic (exact) mass is 346 g/mol. The van der Waals surface area contributed by atoms with Gasteiger partial charge < -0.3 is 5.32 Å². The lowest BCUT2D eigenvalue weighted by Gasteiger charge is -2.42. The largest absolute Gasteiger partial charge is 0.387 e. The van der Waals surface area contributed by atoms with Crippen molar-refractivity contribution in [3.05, 3.63) is 71.4 Å². The molecule has 2 unspecified atom stereocenters. The molecule has 1 aliphatic rings. The molecule has 2 atom stereocenters. The van der Waals surface area contributed by atoms with Crippen LogP contribution in [-0.2, 0) is 12.0 Å². The average molecular weight is 346 g/mol. The number of allylic oxidation sites excluding steroid dienone is 1. The lowest BCUT2D eigenvalue weighted by molar-refractivity contribution is 0.293. The summed E-state index contributed by atoms with van der Waals surface area (Å²) in [6.45, 7) is 5.59. The van der Waals surface area contributed by atoms with Crippen LogP contribution in [0, 0.1) is 5.92 Å². The molecule has 2 aromatic carbocycles. The maximum atomic E-state index is 4.45. The number of aromatic nitrogens is 3. The number of para-hydroxylation sites is 1. The van der Waals surface area contributed by atoms with Gasteiger partial charge in [-0.3, -0.25) is 0 Å². The third-order valence-corrected chi connectivity index (χ3v) is 6.07. The molecule has 3 aromatic rings. The Hall–Kier alpha value is -2.62. The third-order valence-electron chi connectivity index (χ3n) is 6.07. The number of H-pyrrole nitrogens is 1. The van der Waals surface area contributed by atoms with Gasteiger partial charge in [-0.15, -0.1) is 0 Å². The molecule has 4 rings (SSSR count). The van der Waals surface area contributed by atoms with E-state index in [1.54, 1.807) is 0 Å². The molecule has 0 aliphatic heterocycles. The molecule has 0 amide bonds. The van der Waals surface area contributed by atoms with Gasteiger partial charge in [-0.1, -0.05) is 56.3 Å². The number of fused-ring (bicyclic) bond motifs is 1. The van der Waals surface area contributed by atoms with Gasteiger partial charge in [0, 0.05) is 12.0 Å². The highest BCUT2D eigenvalue weighted by Gasteiger charge is 2.40. The molecule has 0 spiro atoms. The number of hydrogen-bond donors (Lipinski definition) is 2. The van der Waals surface area contributed by atoms with Gasteiger partial charge >= 0.3 is 0 Å². The zero-order chi connectivity index (χ0) is 18.0. The number of aromatic amines is 1. The summed E-state index contributed by atoms with van der Waals surface area (Å²) in [5.74, 6) is 0.559. The Kier molecular flexibility index (Phi) is 4.49. The summed E-state index contributed by atoms with van der Waals surface area (Å²) in [4.78, 5) is 0. The minimum atomic E-state index is -0.0294. The molecule has 2 N–H and O–H groups in total. The molecule has 4 nitrogen and oxygen atoms in total. The van der Waals surface area contributed by atoms with Crippen LogP contribution in [-0.4, -0.2) is 15.4 Å². The highest BCUT2D eigenvalue weighted by Crippen LogP contribution is 2.48. The highest BCUT2D eigenvalue weighted by molar-refractivity contribution is 5.79. The Bertz CT molecular complexity index is 912. The molecule has 1 saturated carbocycles. The number of hydrogen-bond acceptors (Lipinski definition) is 3. The lowest BCUT2D eigenvalue weighted by Crippen LogP contribution is -2.37. The van der Waals surface area contributed by atoms with E-state index in [1.807, 2.05) is 6.07 Å². The van der Waals surface area contributed by atoms with Gasteiger partial charge in [-0.05, 0) is 54.1 Å². The molecule has 0 bridgehead atoms. The van der Waals surface area contributed by atoms with Gasteiger partial charge in [0.1, 0.15) is 11.0 Å². The van der Waals surface area contributed by atoms with Crippen LogP contribution in [0.25, 0.3) is 11.0 Å². The standard InChI is InChI=1S/C22H26N4/c1-16-8-6-11-18(15-23-14-17-9-4-3-5-10-17)22(16,2)19-12-7-13-20-21(19)25-26-24-20/h3-5,7,9-10,12-13,15-16,23H,6,8,11,14H2,1-2H3,(H,24,25,26)/b18-15+. The van der Waals surface area contributed by atoms with Crippen molar-refractivity contribution in [2.24, 2.45) is 5.92 Å². The average Bonchev–Trinajstić information content (AvgIpc) is 3.15.